The molecule has 0 aliphatic rings. The summed E-state index contributed by atoms with van der Waals surface area (Å²) < 4.78 is 17.0. The average Bonchev–Trinajstić information content (AvgIpc) is 3.03. The molecule has 0 atom stereocenters. The van der Waals surface area contributed by atoms with E-state index in [2.05, 4.69) is 98.4 Å². The highest BCUT2D eigenvalue weighted by Gasteiger charge is 2.21. The highest BCUT2D eigenvalue weighted by molar-refractivity contribution is 9.10. The molecule has 164 valence electrons. The van der Waals surface area contributed by atoms with Crippen LogP contribution in [0.25, 0.3) is 27.5 Å². The molecule has 0 bridgehead atoms. The standard InChI is InChI=1S/C26H27BrFN.C2H6/c1-25(2,3)16-10-12-21-18(14-16)19-15-17(26(4,5)6)11-13-22(19)29(21)23-9-7-8-20(28)24(23)27;1-2/h7-15H,1-6H3;1-2H3. The van der Waals surface area contributed by atoms with Gasteiger partial charge >= 0.3 is 0 Å². The quantitative estimate of drug-likeness (QED) is 0.255. The lowest BCUT2D eigenvalue weighted by Gasteiger charge is -2.19. The van der Waals surface area contributed by atoms with Crippen LogP contribution in [0.5, 0.6) is 0 Å². The smallest absolute Gasteiger partial charge is 0.139 e. The van der Waals surface area contributed by atoms with Gasteiger partial charge in [-0.1, -0.05) is 73.6 Å². The Bertz CT molecular complexity index is 1160. The van der Waals surface area contributed by atoms with Crippen LogP contribution in [0.1, 0.15) is 66.5 Å². The van der Waals surface area contributed by atoms with Crippen molar-refractivity contribution in [3.8, 4) is 5.69 Å². The Balaban J connectivity index is 0.00000132. The molecular weight excluding hydrogens is 449 g/mol. The first-order chi connectivity index (χ1) is 14.5. The van der Waals surface area contributed by atoms with Gasteiger partial charge in [-0.3, -0.25) is 0 Å². The van der Waals surface area contributed by atoms with Gasteiger partial charge in [-0.2, -0.15) is 0 Å². The molecule has 0 fully saturated rings. The summed E-state index contributed by atoms with van der Waals surface area (Å²) in [5.74, 6) is -0.255. The molecular formula is C28H33BrFN. The third kappa shape index (κ3) is 4.30. The molecule has 0 aliphatic carbocycles. The number of rotatable bonds is 1. The lowest BCUT2D eigenvalue weighted by Crippen LogP contribution is -2.10. The summed E-state index contributed by atoms with van der Waals surface area (Å²) in [6, 6.07) is 18.5. The minimum atomic E-state index is -0.255. The average molecular weight is 482 g/mol. The Kier molecular flexibility index (Phi) is 6.40. The number of fused-ring (bicyclic) bond motifs is 3. The van der Waals surface area contributed by atoms with E-state index in [1.807, 2.05) is 19.9 Å². The minimum Gasteiger partial charge on any atom is -0.308 e. The first-order valence-corrected chi connectivity index (χ1v) is 11.8. The summed E-state index contributed by atoms with van der Waals surface area (Å²) in [7, 11) is 0. The van der Waals surface area contributed by atoms with E-state index in [1.54, 1.807) is 6.07 Å². The van der Waals surface area contributed by atoms with Crippen LogP contribution in [-0.4, -0.2) is 4.57 Å². The summed E-state index contributed by atoms with van der Waals surface area (Å²) in [6.07, 6.45) is 0. The summed E-state index contributed by atoms with van der Waals surface area (Å²) in [5, 5.41) is 2.41. The fourth-order valence-electron chi connectivity index (χ4n) is 3.88. The zero-order chi connectivity index (χ0) is 23.1. The maximum Gasteiger partial charge on any atom is 0.139 e. The van der Waals surface area contributed by atoms with E-state index in [0.717, 1.165) is 16.7 Å². The van der Waals surface area contributed by atoms with Crippen molar-refractivity contribution in [3.63, 3.8) is 0 Å². The number of halogens is 2. The molecule has 4 aromatic rings. The van der Waals surface area contributed by atoms with Crippen LogP contribution in [0.4, 0.5) is 4.39 Å². The second-order valence-electron chi connectivity index (χ2n) is 9.87. The van der Waals surface area contributed by atoms with Gasteiger partial charge < -0.3 is 4.57 Å². The maximum absolute atomic E-state index is 14.4. The molecule has 0 amide bonds. The summed E-state index contributed by atoms with van der Waals surface area (Å²) in [5.41, 5.74) is 5.70. The molecule has 1 aromatic heterocycles. The Morgan fingerprint density at radius 2 is 1.16 bits per heavy atom. The van der Waals surface area contributed by atoms with Crippen molar-refractivity contribution in [2.75, 3.05) is 0 Å². The van der Waals surface area contributed by atoms with Crippen LogP contribution in [0, 0.1) is 5.82 Å². The van der Waals surface area contributed by atoms with Crippen molar-refractivity contribution in [3.05, 3.63) is 76.0 Å². The number of hydrogen-bond acceptors (Lipinski definition) is 0. The molecule has 1 heterocycles. The van der Waals surface area contributed by atoms with E-state index in [4.69, 9.17) is 0 Å². The van der Waals surface area contributed by atoms with E-state index in [9.17, 15) is 4.39 Å². The molecule has 0 saturated heterocycles. The third-order valence-electron chi connectivity index (χ3n) is 5.67. The summed E-state index contributed by atoms with van der Waals surface area (Å²) >= 11 is 3.47. The van der Waals surface area contributed by atoms with Gasteiger partial charge in [0.2, 0.25) is 0 Å². The first kappa shape index (κ1) is 23.5. The van der Waals surface area contributed by atoms with Crippen molar-refractivity contribution in [1.82, 2.24) is 4.57 Å². The minimum absolute atomic E-state index is 0.0592. The van der Waals surface area contributed by atoms with Crippen LogP contribution in [-0.2, 0) is 10.8 Å². The molecule has 0 aliphatic heterocycles. The lowest BCUT2D eigenvalue weighted by molar-refractivity contribution is 0.590. The van der Waals surface area contributed by atoms with E-state index in [0.29, 0.717) is 4.47 Å². The third-order valence-corrected chi connectivity index (χ3v) is 6.45. The zero-order valence-electron chi connectivity index (χ0n) is 19.9. The van der Waals surface area contributed by atoms with Crippen molar-refractivity contribution >= 4 is 37.7 Å². The van der Waals surface area contributed by atoms with Crippen molar-refractivity contribution in [1.29, 1.82) is 0 Å². The molecule has 4 rings (SSSR count). The molecule has 0 radical (unpaired) electrons. The first-order valence-electron chi connectivity index (χ1n) is 11.0. The Morgan fingerprint density at radius 3 is 1.58 bits per heavy atom. The van der Waals surface area contributed by atoms with E-state index in [-0.39, 0.29) is 16.6 Å². The highest BCUT2D eigenvalue weighted by Crippen LogP contribution is 2.39. The molecule has 3 heteroatoms. The fourth-order valence-corrected chi connectivity index (χ4v) is 4.32. The Morgan fingerprint density at radius 1 is 0.710 bits per heavy atom. The van der Waals surface area contributed by atoms with Gasteiger partial charge in [-0.25, -0.2) is 4.39 Å². The number of hydrogen-bond donors (Lipinski definition) is 0. The van der Waals surface area contributed by atoms with E-state index in [1.165, 1.54) is 28.0 Å². The summed E-state index contributed by atoms with van der Waals surface area (Å²) in [4.78, 5) is 0. The van der Waals surface area contributed by atoms with E-state index < -0.39 is 0 Å². The van der Waals surface area contributed by atoms with Crippen LogP contribution < -0.4 is 0 Å². The van der Waals surface area contributed by atoms with Gasteiger partial charge in [0.15, 0.2) is 0 Å². The highest BCUT2D eigenvalue weighted by atomic mass is 79.9. The van der Waals surface area contributed by atoms with Crippen LogP contribution in [0.3, 0.4) is 0 Å². The van der Waals surface area contributed by atoms with Gasteiger partial charge in [0.25, 0.3) is 0 Å². The normalized spacial score (nSPS) is 12.2. The monoisotopic (exact) mass is 481 g/mol. The molecule has 0 unspecified atom stereocenters. The largest absolute Gasteiger partial charge is 0.308 e. The van der Waals surface area contributed by atoms with Crippen molar-refractivity contribution in [2.45, 2.75) is 66.2 Å². The van der Waals surface area contributed by atoms with Gasteiger partial charge in [0, 0.05) is 10.8 Å². The molecule has 31 heavy (non-hydrogen) atoms. The van der Waals surface area contributed by atoms with Crippen LogP contribution in [0.2, 0.25) is 0 Å². The topological polar surface area (TPSA) is 4.93 Å². The molecule has 1 nitrogen and oxygen atoms in total. The molecule has 0 saturated carbocycles. The van der Waals surface area contributed by atoms with Gasteiger partial charge in [-0.05, 0) is 74.3 Å². The second-order valence-corrected chi connectivity index (χ2v) is 10.7. The summed E-state index contributed by atoms with van der Waals surface area (Å²) in [6.45, 7) is 17.4. The SMILES string of the molecule is CC.CC(C)(C)c1ccc2c(c1)c1cc(C(C)(C)C)ccc1n2-c1cccc(F)c1Br. The van der Waals surface area contributed by atoms with Gasteiger partial charge in [0.1, 0.15) is 5.82 Å². The number of aromatic nitrogens is 1. The van der Waals surface area contributed by atoms with Crippen LogP contribution in [0.15, 0.2) is 59.1 Å². The fraction of sp³-hybridized carbons (Fsp3) is 0.357. The van der Waals surface area contributed by atoms with Crippen molar-refractivity contribution in [2.24, 2.45) is 0 Å². The maximum atomic E-state index is 14.4. The predicted molar refractivity (Wildman–Crippen MR) is 137 cm³/mol. The molecule has 0 spiro atoms. The lowest BCUT2D eigenvalue weighted by atomic mass is 9.85. The Labute approximate surface area is 194 Å². The van der Waals surface area contributed by atoms with E-state index >= 15 is 0 Å². The zero-order valence-corrected chi connectivity index (χ0v) is 21.5. The van der Waals surface area contributed by atoms with Crippen LogP contribution >= 0.6 is 15.9 Å². The van der Waals surface area contributed by atoms with Crippen molar-refractivity contribution < 1.29 is 4.39 Å². The van der Waals surface area contributed by atoms with Gasteiger partial charge in [0.05, 0.1) is 21.2 Å². The second kappa shape index (κ2) is 8.43. The molecule has 3 aromatic carbocycles. The van der Waals surface area contributed by atoms with Gasteiger partial charge in [-0.15, -0.1) is 0 Å². The Hall–Kier alpha value is -2.13. The predicted octanol–water partition coefficient (Wildman–Crippen LogP) is 9.31. The number of benzene rings is 3. The number of nitrogens with zero attached hydrogens (tertiary/aromatic N) is 1. The molecule has 0 N–H and O–H groups in total.